The molecule has 0 unspecified atom stereocenters. The molecule has 0 saturated heterocycles. The smallest absolute Gasteiger partial charge is 0.0355 e. The first-order valence-electron chi connectivity index (χ1n) is 23.6. The third kappa shape index (κ3) is 8.62. The molecule has 0 aliphatic carbocycles. The van der Waals surface area contributed by atoms with Crippen LogP contribution < -0.4 is 0 Å². The Morgan fingerprint density at radius 2 is 0.656 bits per heavy atom. The zero-order chi connectivity index (χ0) is 43.0. The molecule has 2 heterocycles. The summed E-state index contributed by atoms with van der Waals surface area (Å²) in [6.07, 6.45) is 21.9. The number of thiophene rings is 2. The van der Waals surface area contributed by atoms with Crippen molar-refractivity contribution in [2.24, 2.45) is 0 Å². The van der Waals surface area contributed by atoms with Gasteiger partial charge in [0.25, 0.3) is 0 Å². The molecule has 11 rings (SSSR count). The van der Waals surface area contributed by atoms with E-state index in [9.17, 15) is 0 Å². The predicted molar refractivity (Wildman–Crippen MR) is 289 cm³/mol. The molecule has 0 radical (unpaired) electrons. The van der Waals surface area contributed by atoms with Gasteiger partial charge in [-0.05, 0) is 220 Å². The molecule has 0 bridgehead atoms. The Labute approximate surface area is 385 Å². The molecule has 0 amide bonds. The Morgan fingerprint density at radius 1 is 0.297 bits per heavy atom. The molecule has 0 aliphatic rings. The summed E-state index contributed by atoms with van der Waals surface area (Å²) in [7, 11) is 0. The van der Waals surface area contributed by atoms with Crippen molar-refractivity contribution in [2.75, 3.05) is 0 Å². The van der Waals surface area contributed by atoms with Gasteiger partial charge in [0.15, 0.2) is 0 Å². The van der Waals surface area contributed by atoms with Gasteiger partial charge in [-0.1, -0.05) is 125 Å². The topological polar surface area (TPSA) is 0 Å². The van der Waals surface area contributed by atoms with Gasteiger partial charge >= 0.3 is 0 Å². The molecule has 2 heteroatoms. The zero-order valence-corrected chi connectivity index (χ0v) is 38.7. The molecule has 0 nitrogen and oxygen atoms in total. The second kappa shape index (κ2) is 17.8. The van der Waals surface area contributed by atoms with E-state index in [-0.39, 0.29) is 0 Å². The predicted octanol–water partition coefficient (Wildman–Crippen LogP) is 19.6. The SMILES string of the molecule is CCCCCCc1ccc2cc3cc(C=Cc4cc5cc6cc7cc8cc(C=Cc9ccc%10cc%11cc(CCCCCC)ccc%11cc%10c9)sc8cc7cc6cc5s4)ccc3cc2c1. The Kier molecular flexibility index (Phi) is 11.3. The molecule has 0 atom stereocenters. The first kappa shape index (κ1) is 40.7. The summed E-state index contributed by atoms with van der Waals surface area (Å²) in [4.78, 5) is 2.56. The third-order valence-corrected chi connectivity index (χ3v) is 15.5. The van der Waals surface area contributed by atoms with Crippen molar-refractivity contribution in [1.82, 2.24) is 0 Å². The molecule has 0 saturated carbocycles. The Morgan fingerprint density at radius 3 is 1.09 bits per heavy atom. The highest BCUT2D eigenvalue weighted by Crippen LogP contribution is 2.37. The Hall–Kier alpha value is -6.06. The number of hydrogen-bond donors (Lipinski definition) is 0. The van der Waals surface area contributed by atoms with E-state index < -0.39 is 0 Å². The van der Waals surface area contributed by atoms with E-state index in [4.69, 9.17) is 0 Å². The molecule has 0 fully saturated rings. The van der Waals surface area contributed by atoms with Crippen molar-refractivity contribution >= 4 is 132 Å². The zero-order valence-electron chi connectivity index (χ0n) is 37.1. The van der Waals surface area contributed by atoms with Crippen molar-refractivity contribution in [2.45, 2.75) is 78.1 Å². The van der Waals surface area contributed by atoms with Crippen LogP contribution in [0, 0.1) is 0 Å². The van der Waals surface area contributed by atoms with Crippen LogP contribution in [0.25, 0.3) is 109 Å². The standard InChI is InChI=1S/C62H54S2/c1-3-5-7-9-11-41-13-19-45-31-51-27-43(15-21-47(51)29-49(45)25-41)17-23-59-37-57-35-53-33-54-36-58-38-60(64-62(58)40-56(54)34-55(53)39-61(57)63-59)24-18-44-16-22-48-30-50-26-42(12-10-8-6-4-2)14-20-46(50)32-52(48)28-44/h13-40H,3-12H2,1-2H3. The van der Waals surface area contributed by atoms with Gasteiger partial charge in [0, 0.05) is 19.2 Å². The molecule has 314 valence electrons. The lowest BCUT2D eigenvalue weighted by Crippen LogP contribution is -1.87. The van der Waals surface area contributed by atoms with E-state index in [1.807, 2.05) is 22.7 Å². The lowest BCUT2D eigenvalue weighted by molar-refractivity contribution is 0.667. The molecule has 0 aliphatic heterocycles. The van der Waals surface area contributed by atoms with E-state index >= 15 is 0 Å². The lowest BCUT2D eigenvalue weighted by Gasteiger charge is -2.07. The van der Waals surface area contributed by atoms with Gasteiger partial charge in [-0.15, -0.1) is 22.7 Å². The van der Waals surface area contributed by atoms with Gasteiger partial charge in [0.2, 0.25) is 0 Å². The number of rotatable bonds is 14. The first-order valence-corrected chi connectivity index (χ1v) is 25.3. The van der Waals surface area contributed by atoms with Gasteiger partial charge in [-0.25, -0.2) is 0 Å². The summed E-state index contributed by atoms with van der Waals surface area (Å²) in [6, 6.07) is 56.2. The minimum Gasteiger partial charge on any atom is -0.136 e. The monoisotopic (exact) mass is 862 g/mol. The average Bonchev–Trinajstić information content (AvgIpc) is 3.91. The van der Waals surface area contributed by atoms with Crippen LogP contribution in [0.3, 0.4) is 0 Å². The van der Waals surface area contributed by atoms with E-state index in [1.165, 1.54) is 181 Å². The van der Waals surface area contributed by atoms with Crippen molar-refractivity contribution in [3.05, 3.63) is 178 Å². The summed E-state index contributed by atoms with van der Waals surface area (Å²) in [6.45, 7) is 4.56. The van der Waals surface area contributed by atoms with Crippen LogP contribution >= 0.6 is 22.7 Å². The number of benzene rings is 9. The largest absolute Gasteiger partial charge is 0.136 e. The quantitative estimate of drug-likeness (QED) is 0.0755. The normalized spacial score (nSPS) is 12.4. The molecular weight excluding hydrogens is 809 g/mol. The van der Waals surface area contributed by atoms with E-state index in [0.717, 1.165) is 0 Å². The molecular formula is C62H54S2. The number of unbranched alkanes of at least 4 members (excludes halogenated alkanes) is 6. The second-order valence-electron chi connectivity index (χ2n) is 18.2. The van der Waals surface area contributed by atoms with Gasteiger partial charge in [-0.3, -0.25) is 0 Å². The summed E-state index contributed by atoms with van der Waals surface area (Å²) in [5.41, 5.74) is 5.38. The van der Waals surface area contributed by atoms with Crippen molar-refractivity contribution in [3.8, 4) is 0 Å². The first-order chi connectivity index (χ1) is 31.5. The fourth-order valence-electron chi connectivity index (χ4n) is 9.80. The highest BCUT2D eigenvalue weighted by Gasteiger charge is 2.09. The minimum absolute atomic E-state index is 1.17. The van der Waals surface area contributed by atoms with Gasteiger partial charge in [-0.2, -0.15) is 0 Å². The van der Waals surface area contributed by atoms with E-state index in [2.05, 4.69) is 184 Å². The van der Waals surface area contributed by atoms with Crippen molar-refractivity contribution in [3.63, 3.8) is 0 Å². The summed E-state index contributed by atoms with van der Waals surface area (Å²) >= 11 is 3.75. The fraction of sp³-hybridized carbons (Fsp3) is 0.194. The van der Waals surface area contributed by atoms with Crippen LogP contribution in [0.5, 0.6) is 0 Å². The molecule has 2 aromatic heterocycles. The summed E-state index contributed by atoms with van der Waals surface area (Å²) in [5.74, 6) is 0. The Balaban J connectivity index is 0.798. The highest BCUT2D eigenvalue weighted by atomic mass is 32.1. The average molecular weight is 863 g/mol. The number of fused-ring (bicyclic) bond motifs is 8. The second-order valence-corrected chi connectivity index (χ2v) is 20.4. The third-order valence-electron chi connectivity index (χ3n) is 13.4. The number of hydrogen-bond acceptors (Lipinski definition) is 2. The maximum atomic E-state index is 2.40. The summed E-state index contributed by atoms with van der Waals surface area (Å²) in [5, 5.41) is 18.3. The number of aryl methyl sites for hydroxylation is 2. The molecule has 64 heavy (non-hydrogen) atoms. The Bertz CT molecular complexity index is 3270. The lowest BCUT2D eigenvalue weighted by atomic mass is 9.98. The summed E-state index contributed by atoms with van der Waals surface area (Å²) < 4.78 is 2.66. The van der Waals surface area contributed by atoms with Crippen LogP contribution in [-0.2, 0) is 12.8 Å². The van der Waals surface area contributed by atoms with Crippen LogP contribution in [0.4, 0.5) is 0 Å². The molecule has 0 N–H and O–H groups in total. The maximum Gasteiger partial charge on any atom is 0.0355 e. The van der Waals surface area contributed by atoms with Gasteiger partial charge in [0.1, 0.15) is 0 Å². The van der Waals surface area contributed by atoms with E-state index in [0.29, 0.717) is 0 Å². The van der Waals surface area contributed by atoms with Gasteiger partial charge in [0.05, 0.1) is 0 Å². The van der Waals surface area contributed by atoms with Crippen LogP contribution in [-0.4, -0.2) is 0 Å². The van der Waals surface area contributed by atoms with Crippen molar-refractivity contribution in [1.29, 1.82) is 0 Å². The highest BCUT2D eigenvalue weighted by molar-refractivity contribution is 7.20. The van der Waals surface area contributed by atoms with Gasteiger partial charge < -0.3 is 0 Å². The molecule has 0 spiro atoms. The minimum atomic E-state index is 1.17. The molecule has 11 aromatic rings. The van der Waals surface area contributed by atoms with Crippen LogP contribution in [0.1, 0.15) is 97.2 Å². The van der Waals surface area contributed by atoms with Crippen LogP contribution in [0.2, 0.25) is 0 Å². The van der Waals surface area contributed by atoms with E-state index in [1.54, 1.807) is 0 Å². The fourth-order valence-corrected chi connectivity index (χ4v) is 11.8. The van der Waals surface area contributed by atoms with Crippen molar-refractivity contribution < 1.29 is 0 Å². The van der Waals surface area contributed by atoms with Crippen LogP contribution in [0.15, 0.2) is 146 Å². The molecule has 9 aromatic carbocycles. The maximum absolute atomic E-state index is 2.40.